The summed E-state index contributed by atoms with van der Waals surface area (Å²) in [6.45, 7) is 8.31. The van der Waals surface area contributed by atoms with Crippen molar-refractivity contribution >= 4 is 17.7 Å². The van der Waals surface area contributed by atoms with Gasteiger partial charge in [0.05, 0.1) is 11.3 Å². The minimum absolute atomic E-state index is 0.0648. The number of rotatable bonds is 7. The zero-order valence-electron chi connectivity index (χ0n) is 15.0. The van der Waals surface area contributed by atoms with Gasteiger partial charge in [0.1, 0.15) is 0 Å². The summed E-state index contributed by atoms with van der Waals surface area (Å²) >= 11 is 1.68. The third-order valence-electron chi connectivity index (χ3n) is 4.24. The molecule has 2 aromatic rings. The Morgan fingerprint density at radius 3 is 2.46 bits per heavy atom. The summed E-state index contributed by atoms with van der Waals surface area (Å²) in [5.41, 5.74) is 4.97. The molecule has 0 saturated heterocycles. The molecule has 2 aromatic carbocycles. The van der Waals surface area contributed by atoms with Gasteiger partial charge in [0.15, 0.2) is 0 Å². The van der Waals surface area contributed by atoms with E-state index in [1.807, 2.05) is 25.1 Å². The minimum atomic E-state index is -0.0648. The molecule has 24 heavy (non-hydrogen) atoms. The third-order valence-corrected chi connectivity index (χ3v) is 5.45. The molecular formula is C21H27NOS. The molecule has 0 fully saturated rings. The zero-order chi connectivity index (χ0) is 17.5. The molecule has 0 unspecified atom stereocenters. The molecule has 0 heterocycles. The highest BCUT2D eigenvalue weighted by molar-refractivity contribution is 7.99. The number of aryl methyl sites for hydroxylation is 2. The Hall–Kier alpha value is -1.74. The molecule has 2 nitrogen and oxygen atoms in total. The molecular weight excluding hydrogens is 314 g/mol. The van der Waals surface area contributed by atoms with Gasteiger partial charge in [-0.05, 0) is 43.9 Å². The molecule has 0 aliphatic rings. The van der Waals surface area contributed by atoms with Crippen LogP contribution in [0.3, 0.4) is 0 Å². The number of hydrogen-bond donors (Lipinski definition) is 1. The summed E-state index contributed by atoms with van der Waals surface area (Å²) < 4.78 is 0. The van der Waals surface area contributed by atoms with Crippen molar-refractivity contribution in [3.63, 3.8) is 0 Å². The first-order valence-electron chi connectivity index (χ1n) is 8.54. The van der Waals surface area contributed by atoms with Gasteiger partial charge in [-0.2, -0.15) is 0 Å². The first kappa shape index (κ1) is 18.6. The molecule has 0 aliphatic heterocycles. The Balaban J connectivity index is 1.95. The first-order valence-corrected chi connectivity index (χ1v) is 9.59. The largest absolute Gasteiger partial charge is 0.348 e. The summed E-state index contributed by atoms with van der Waals surface area (Å²) in [5, 5.41) is 3.15. The number of nitrogens with one attached hydrogen (secondary N) is 1. The number of hydrogen-bond acceptors (Lipinski definition) is 2. The fraction of sp³-hybridized carbons (Fsp3) is 0.381. The standard InChI is InChI=1S/C21H27NOS/c1-5-20(19-12-11-15(2)13-16(19)3)22-21(23)17(4)24-14-18-9-7-6-8-10-18/h6-13,17,20H,5,14H2,1-4H3,(H,22,23)/t17-,20-/m1/s1. The Labute approximate surface area is 150 Å². The van der Waals surface area contributed by atoms with Crippen molar-refractivity contribution in [2.75, 3.05) is 0 Å². The Bertz CT molecular complexity index is 669. The normalized spacial score (nSPS) is 13.3. The predicted octanol–water partition coefficient (Wildman–Crippen LogP) is 5.19. The van der Waals surface area contributed by atoms with Crippen LogP contribution in [-0.2, 0) is 10.5 Å². The highest BCUT2D eigenvalue weighted by Gasteiger charge is 2.19. The van der Waals surface area contributed by atoms with Crippen molar-refractivity contribution in [1.29, 1.82) is 0 Å². The van der Waals surface area contributed by atoms with Crippen LogP contribution in [-0.4, -0.2) is 11.2 Å². The summed E-state index contributed by atoms with van der Waals surface area (Å²) in [6.07, 6.45) is 0.895. The van der Waals surface area contributed by atoms with Gasteiger partial charge in [0.25, 0.3) is 0 Å². The minimum Gasteiger partial charge on any atom is -0.348 e. The van der Waals surface area contributed by atoms with E-state index >= 15 is 0 Å². The van der Waals surface area contributed by atoms with Crippen LogP contribution >= 0.6 is 11.8 Å². The van der Waals surface area contributed by atoms with Crippen molar-refractivity contribution in [1.82, 2.24) is 5.32 Å². The molecule has 128 valence electrons. The molecule has 3 heteroatoms. The second-order valence-electron chi connectivity index (χ2n) is 6.27. The number of amides is 1. The molecule has 1 amide bonds. The molecule has 0 bridgehead atoms. The smallest absolute Gasteiger partial charge is 0.233 e. The van der Waals surface area contributed by atoms with Crippen LogP contribution in [0.5, 0.6) is 0 Å². The highest BCUT2D eigenvalue weighted by atomic mass is 32.2. The van der Waals surface area contributed by atoms with Gasteiger partial charge in [0.2, 0.25) is 5.91 Å². The van der Waals surface area contributed by atoms with E-state index in [1.54, 1.807) is 11.8 Å². The van der Waals surface area contributed by atoms with Crippen LogP contribution in [0.1, 0.15) is 48.6 Å². The molecule has 0 radical (unpaired) electrons. The molecule has 0 aromatic heterocycles. The van der Waals surface area contributed by atoms with Gasteiger partial charge in [-0.1, -0.05) is 61.0 Å². The van der Waals surface area contributed by atoms with E-state index in [9.17, 15) is 4.79 Å². The van der Waals surface area contributed by atoms with Crippen molar-refractivity contribution in [2.24, 2.45) is 0 Å². The molecule has 2 rings (SSSR count). The van der Waals surface area contributed by atoms with Crippen LogP contribution in [0.2, 0.25) is 0 Å². The van der Waals surface area contributed by atoms with Gasteiger partial charge in [-0.25, -0.2) is 0 Å². The average molecular weight is 342 g/mol. The van der Waals surface area contributed by atoms with Crippen LogP contribution < -0.4 is 5.32 Å². The lowest BCUT2D eigenvalue weighted by Crippen LogP contribution is -2.34. The van der Waals surface area contributed by atoms with E-state index in [1.165, 1.54) is 22.3 Å². The maximum atomic E-state index is 12.6. The SMILES string of the molecule is CC[C@@H](NC(=O)[C@@H](C)SCc1ccccc1)c1ccc(C)cc1C. The fourth-order valence-electron chi connectivity index (χ4n) is 2.78. The van der Waals surface area contributed by atoms with E-state index < -0.39 is 0 Å². The third kappa shape index (κ3) is 5.13. The average Bonchev–Trinajstić information content (AvgIpc) is 2.58. The maximum Gasteiger partial charge on any atom is 0.233 e. The summed E-state index contributed by atoms with van der Waals surface area (Å²) in [6, 6.07) is 16.8. The van der Waals surface area contributed by atoms with E-state index in [0.29, 0.717) is 0 Å². The predicted molar refractivity (Wildman–Crippen MR) is 104 cm³/mol. The Morgan fingerprint density at radius 2 is 1.83 bits per heavy atom. The van der Waals surface area contributed by atoms with Crippen molar-refractivity contribution in [3.05, 3.63) is 70.8 Å². The number of benzene rings is 2. The van der Waals surface area contributed by atoms with Crippen LogP contribution in [0, 0.1) is 13.8 Å². The molecule has 0 aliphatic carbocycles. The van der Waals surface area contributed by atoms with Gasteiger partial charge in [-0.15, -0.1) is 11.8 Å². The van der Waals surface area contributed by atoms with E-state index in [0.717, 1.165) is 12.2 Å². The molecule has 0 saturated carbocycles. The van der Waals surface area contributed by atoms with Gasteiger partial charge in [0, 0.05) is 5.75 Å². The zero-order valence-corrected chi connectivity index (χ0v) is 15.8. The topological polar surface area (TPSA) is 29.1 Å². The number of carbonyl (C=O) groups is 1. The quantitative estimate of drug-likeness (QED) is 0.750. The van der Waals surface area contributed by atoms with Crippen LogP contribution in [0.25, 0.3) is 0 Å². The van der Waals surface area contributed by atoms with E-state index in [2.05, 4.69) is 56.4 Å². The lowest BCUT2D eigenvalue weighted by atomic mass is 9.97. The van der Waals surface area contributed by atoms with Gasteiger partial charge in [-0.3, -0.25) is 4.79 Å². The van der Waals surface area contributed by atoms with E-state index in [-0.39, 0.29) is 17.2 Å². The highest BCUT2D eigenvalue weighted by Crippen LogP contribution is 2.23. The summed E-state index contributed by atoms with van der Waals surface area (Å²) in [4.78, 5) is 12.6. The monoisotopic (exact) mass is 341 g/mol. The summed E-state index contributed by atoms with van der Waals surface area (Å²) in [7, 11) is 0. The Morgan fingerprint density at radius 1 is 1.12 bits per heavy atom. The van der Waals surface area contributed by atoms with Crippen molar-refractivity contribution in [3.8, 4) is 0 Å². The lowest BCUT2D eigenvalue weighted by molar-refractivity contribution is -0.121. The van der Waals surface area contributed by atoms with Crippen LogP contribution in [0.15, 0.2) is 48.5 Å². The molecule has 1 N–H and O–H groups in total. The second-order valence-corrected chi connectivity index (χ2v) is 7.60. The fourth-order valence-corrected chi connectivity index (χ4v) is 3.63. The van der Waals surface area contributed by atoms with E-state index in [4.69, 9.17) is 0 Å². The second kappa shape index (κ2) is 8.93. The molecule has 0 spiro atoms. The first-order chi connectivity index (χ1) is 11.5. The van der Waals surface area contributed by atoms with Crippen molar-refractivity contribution < 1.29 is 4.79 Å². The van der Waals surface area contributed by atoms with Gasteiger partial charge >= 0.3 is 0 Å². The van der Waals surface area contributed by atoms with Gasteiger partial charge < -0.3 is 5.32 Å². The number of carbonyl (C=O) groups excluding carboxylic acids is 1. The number of thioether (sulfide) groups is 1. The van der Waals surface area contributed by atoms with Crippen LogP contribution in [0.4, 0.5) is 0 Å². The molecule has 2 atom stereocenters. The Kier molecular flexibility index (Phi) is 6.92. The van der Waals surface area contributed by atoms with Crippen molar-refractivity contribution in [2.45, 2.75) is 51.2 Å². The lowest BCUT2D eigenvalue weighted by Gasteiger charge is -2.22. The summed E-state index contributed by atoms with van der Waals surface area (Å²) in [5.74, 6) is 0.971. The maximum absolute atomic E-state index is 12.6.